The number of likely N-dealkylation sites (tertiary alicyclic amines) is 1. The molecule has 7 nitrogen and oxygen atoms in total. The summed E-state index contributed by atoms with van der Waals surface area (Å²) in [5.74, 6) is -2.18. The molecular formula is C27H30F4N2O5S. The molecule has 1 unspecified atom stereocenters. The number of nitrogens with one attached hydrogen (secondary N) is 1. The van der Waals surface area contributed by atoms with Crippen LogP contribution in [0.15, 0.2) is 41.3 Å². The summed E-state index contributed by atoms with van der Waals surface area (Å²) in [5.41, 5.74) is -1.16. The van der Waals surface area contributed by atoms with Crippen LogP contribution in [0.2, 0.25) is 0 Å². The number of benzene rings is 2. The maximum absolute atomic E-state index is 14.8. The van der Waals surface area contributed by atoms with Gasteiger partial charge in [-0.1, -0.05) is 13.0 Å². The van der Waals surface area contributed by atoms with Gasteiger partial charge in [-0.2, -0.15) is 13.2 Å². The zero-order valence-electron chi connectivity index (χ0n) is 21.7. The molecule has 39 heavy (non-hydrogen) atoms. The number of hydrogen-bond acceptors (Lipinski definition) is 5. The van der Waals surface area contributed by atoms with Crippen molar-refractivity contribution in [3.63, 3.8) is 0 Å². The lowest BCUT2D eigenvalue weighted by Gasteiger charge is -2.31. The van der Waals surface area contributed by atoms with E-state index >= 15 is 0 Å². The highest BCUT2D eigenvalue weighted by Gasteiger charge is 2.44. The van der Waals surface area contributed by atoms with E-state index in [1.807, 2.05) is 6.92 Å². The van der Waals surface area contributed by atoms with Crippen molar-refractivity contribution in [1.82, 2.24) is 10.2 Å². The monoisotopic (exact) mass is 570 g/mol. The molecular weight excluding hydrogens is 540 g/mol. The first-order valence-corrected chi connectivity index (χ1v) is 14.5. The molecule has 3 atom stereocenters. The van der Waals surface area contributed by atoms with Crippen LogP contribution < -0.4 is 10.1 Å². The van der Waals surface area contributed by atoms with Crippen LogP contribution >= 0.6 is 0 Å². The zero-order valence-corrected chi connectivity index (χ0v) is 22.5. The number of hydrogen-bond donors (Lipinski definition) is 1. The number of methoxy groups -OCH3 is 1. The van der Waals surface area contributed by atoms with Crippen molar-refractivity contribution >= 4 is 21.7 Å². The van der Waals surface area contributed by atoms with Crippen molar-refractivity contribution in [1.29, 1.82) is 0 Å². The summed E-state index contributed by atoms with van der Waals surface area (Å²) in [6.45, 7) is 1.86. The maximum Gasteiger partial charge on any atom is 0.416 e. The predicted octanol–water partition coefficient (Wildman–Crippen LogP) is 4.91. The number of alkyl halides is 3. The Morgan fingerprint density at radius 2 is 1.79 bits per heavy atom. The van der Waals surface area contributed by atoms with Gasteiger partial charge in [0.25, 0.3) is 5.91 Å². The smallest absolute Gasteiger partial charge is 0.416 e. The number of carbonyl (C=O) groups excluding carboxylic acids is 2. The number of nitrogens with zero attached hydrogens (tertiary/aromatic N) is 1. The van der Waals surface area contributed by atoms with Crippen molar-refractivity contribution < 1.29 is 40.3 Å². The largest absolute Gasteiger partial charge is 0.496 e. The normalized spacial score (nSPS) is 20.5. The van der Waals surface area contributed by atoms with Crippen molar-refractivity contribution in [3.05, 3.63) is 58.9 Å². The SMILES string of the molecule is CC[C@@H]1CC[C@H](C(=O)NC(c2ccc(C(F)(F)F)cc2F)C2CC2)N1C(=O)c1cc(S(C)(=O)=O)ccc1OC. The van der Waals surface area contributed by atoms with Crippen LogP contribution in [0.25, 0.3) is 0 Å². The maximum atomic E-state index is 14.8. The van der Waals surface area contributed by atoms with E-state index in [-0.39, 0.29) is 33.7 Å². The highest BCUT2D eigenvalue weighted by molar-refractivity contribution is 7.90. The molecule has 1 heterocycles. The van der Waals surface area contributed by atoms with Crippen LogP contribution in [0.5, 0.6) is 5.75 Å². The first-order valence-electron chi connectivity index (χ1n) is 12.6. The first-order chi connectivity index (χ1) is 18.3. The molecule has 2 aromatic carbocycles. The lowest BCUT2D eigenvalue weighted by molar-refractivity contribution is -0.137. The van der Waals surface area contributed by atoms with Crippen LogP contribution in [0.4, 0.5) is 17.6 Å². The minimum absolute atomic E-state index is 0.00824. The summed E-state index contributed by atoms with van der Waals surface area (Å²) >= 11 is 0. The number of halogens is 4. The molecule has 1 aliphatic carbocycles. The van der Waals surface area contributed by atoms with Gasteiger partial charge in [0.15, 0.2) is 9.84 Å². The summed E-state index contributed by atoms with van der Waals surface area (Å²) in [6.07, 6.45) is -0.982. The molecule has 2 aromatic rings. The van der Waals surface area contributed by atoms with Crippen LogP contribution in [0, 0.1) is 11.7 Å². The van der Waals surface area contributed by atoms with E-state index in [9.17, 15) is 35.6 Å². The fourth-order valence-corrected chi connectivity index (χ4v) is 5.80. The molecule has 0 aromatic heterocycles. The number of sulfone groups is 1. The molecule has 1 saturated heterocycles. The summed E-state index contributed by atoms with van der Waals surface area (Å²) in [7, 11) is -2.29. The molecule has 0 spiro atoms. The fraction of sp³-hybridized carbons (Fsp3) is 0.481. The predicted molar refractivity (Wildman–Crippen MR) is 134 cm³/mol. The molecule has 1 N–H and O–H groups in total. The van der Waals surface area contributed by atoms with Gasteiger partial charge in [0.1, 0.15) is 17.6 Å². The topological polar surface area (TPSA) is 92.8 Å². The quantitative estimate of drug-likeness (QED) is 0.456. The van der Waals surface area contributed by atoms with E-state index in [0.717, 1.165) is 18.4 Å². The third kappa shape index (κ3) is 6.05. The lowest BCUT2D eigenvalue weighted by atomic mass is 9.99. The summed E-state index contributed by atoms with van der Waals surface area (Å²) in [6, 6.07) is 4.10. The van der Waals surface area contributed by atoms with E-state index in [0.29, 0.717) is 38.2 Å². The van der Waals surface area contributed by atoms with Gasteiger partial charge in [-0.3, -0.25) is 9.59 Å². The van der Waals surface area contributed by atoms with Crippen LogP contribution in [0.3, 0.4) is 0 Å². The minimum Gasteiger partial charge on any atom is -0.496 e. The van der Waals surface area contributed by atoms with Crippen molar-refractivity contribution in [2.45, 2.75) is 68.2 Å². The average Bonchev–Trinajstić information content (AvgIpc) is 3.63. The van der Waals surface area contributed by atoms with Gasteiger partial charge in [0.05, 0.1) is 29.2 Å². The second kappa shape index (κ2) is 10.8. The number of carbonyl (C=O) groups is 2. The Morgan fingerprint density at radius 3 is 2.33 bits per heavy atom. The Bertz CT molecular complexity index is 1370. The van der Waals surface area contributed by atoms with Gasteiger partial charge in [0.2, 0.25) is 5.91 Å². The van der Waals surface area contributed by atoms with E-state index in [2.05, 4.69) is 5.32 Å². The van der Waals surface area contributed by atoms with E-state index in [1.54, 1.807) is 0 Å². The molecule has 12 heteroatoms. The van der Waals surface area contributed by atoms with E-state index < -0.39 is 51.3 Å². The van der Waals surface area contributed by atoms with Crippen LogP contribution in [-0.2, 0) is 20.8 Å². The summed E-state index contributed by atoms with van der Waals surface area (Å²) in [4.78, 5) is 28.7. The van der Waals surface area contributed by atoms with Gasteiger partial charge in [0, 0.05) is 17.9 Å². The van der Waals surface area contributed by atoms with Crippen molar-refractivity contribution in [2.24, 2.45) is 5.92 Å². The molecule has 1 aliphatic heterocycles. The van der Waals surface area contributed by atoms with Crippen LogP contribution in [-0.4, -0.2) is 50.6 Å². The Labute approximate surface area is 224 Å². The van der Waals surface area contributed by atoms with Crippen molar-refractivity contribution in [2.75, 3.05) is 13.4 Å². The molecule has 1 saturated carbocycles. The Balaban J connectivity index is 1.64. The third-order valence-corrected chi connectivity index (χ3v) is 8.50. The molecule has 2 amide bonds. The molecule has 212 valence electrons. The first kappa shape index (κ1) is 28.8. The van der Waals surface area contributed by atoms with Crippen molar-refractivity contribution in [3.8, 4) is 5.75 Å². The molecule has 0 bridgehead atoms. The Hall–Kier alpha value is -3.15. The standard InChI is InChI=1S/C27H30F4N2O5S/c1-4-17-8-11-22(33(17)26(35)20-14-18(39(3,36)37)9-12-23(20)38-2)25(34)32-24(15-5-6-15)19-10-7-16(13-21(19)28)27(29,30)31/h7,9-10,12-15,17,22,24H,4-6,8,11H2,1-3H3,(H,32,34)/t17-,22-,24?/m1/s1. The zero-order chi connectivity index (χ0) is 28.7. The average molecular weight is 571 g/mol. The summed E-state index contributed by atoms with van der Waals surface area (Å²) < 4.78 is 83.5. The van der Waals surface area contributed by atoms with E-state index in [1.165, 1.54) is 30.2 Å². The summed E-state index contributed by atoms with van der Waals surface area (Å²) in [5, 5.41) is 2.80. The number of amides is 2. The highest BCUT2D eigenvalue weighted by atomic mass is 32.2. The molecule has 4 rings (SSSR count). The fourth-order valence-electron chi connectivity index (χ4n) is 5.16. The molecule has 0 radical (unpaired) electrons. The minimum atomic E-state index is -4.70. The second-order valence-corrected chi connectivity index (χ2v) is 12.1. The number of ether oxygens (including phenoxy) is 1. The van der Waals surface area contributed by atoms with Crippen LogP contribution in [0.1, 0.15) is 66.6 Å². The number of rotatable bonds is 8. The van der Waals surface area contributed by atoms with E-state index in [4.69, 9.17) is 4.74 Å². The Morgan fingerprint density at radius 1 is 1.10 bits per heavy atom. The van der Waals surface area contributed by atoms with Gasteiger partial charge < -0.3 is 15.0 Å². The van der Waals surface area contributed by atoms with Gasteiger partial charge >= 0.3 is 6.18 Å². The lowest BCUT2D eigenvalue weighted by Crippen LogP contribution is -2.49. The second-order valence-electron chi connectivity index (χ2n) is 10.1. The third-order valence-electron chi connectivity index (χ3n) is 7.39. The molecule has 2 fully saturated rings. The highest BCUT2D eigenvalue weighted by Crippen LogP contribution is 2.43. The van der Waals surface area contributed by atoms with Gasteiger partial charge in [-0.15, -0.1) is 0 Å². The molecule has 2 aliphatic rings. The van der Waals surface area contributed by atoms with Gasteiger partial charge in [-0.05, 0) is 68.4 Å². The Kier molecular flexibility index (Phi) is 7.98. The van der Waals surface area contributed by atoms with Gasteiger partial charge in [-0.25, -0.2) is 12.8 Å².